The van der Waals surface area contributed by atoms with E-state index in [9.17, 15) is 9.59 Å². The number of carbonyl (C=O) groups is 2. The summed E-state index contributed by atoms with van der Waals surface area (Å²) in [6.07, 6.45) is 0.730. The summed E-state index contributed by atoms with van der Waals surface area (Å²) in [6.45, 7) is 5.55. The summed E-state index contributed by atoms with van der Waals surface area (Å²) in [5, 5.41) is 2.52. The summed E-state index contributed by atoms with van der Waals surface area (Å²) in [7, 11) is 0. The summed E-state index contributed by atoms with van der Waals surface area (Å²) in [5.74, 6) is -0.304. The van der Waals surface area contributed by atoms with E-state index in [1.54, 1.807) is 0 Å². The molecule has 12 heavy (non-hydrogen) atoms. The zero-order valence-electron chi connectivity index (χ0n) is 7.76. The molecule has 0 radical (unpaired) electrons. The van der Waals surface area contributed by atoms with Gasteiger partial charge in [0.25, 0.3) is 0 Å². The number of hydrogen-bond acceptors (Lipinski definition) is 3. The largest absolute Gasteiger partial charge is 0.345 e. The van der Waals surface area contributed by atoms with Crippen molar-refractivity contribution in [2.45, 2.75) is 26.8 Å². The highest BCUT2D eigenvalue weighted by Gasteiger charge is 2.24. The Balaban J connectivity index is 4.19. The zero-order chi connectivity index (χ0) is 9.78. The third kappa shape index (κ3) is 3.48. The first-order valence-electron chi connectivity index (χ1n) is 3.86. The summed E-state index contributed by atoms with van der Waals surface area (Å²) in [4.78, 5) is 21.4. The average molecular weight is 172 g/mol. The lowest BCUT2D eigenvalue weighted by Gasteiger charge is -2.26. The Kier molecular flexibility index (Phi) is 3.89. The molecule has 1 atom stereocenters. The summed E-state index contributed by atoms with van der Waals surface area (Å²) in [5.41, 5.74) is 4.83. The maximum atomic E-state index is 10.8. The van der Waals surface area contributed by atoms with Crippen molar-refractivity contribution in [1.82, 2.24) is 5.32 Å². The van der Waals surface area contributed by atoms with E-state index >= 15 is 0 Å². The van der Waals surface area contributed by atoms with Gasteiger partial charge in [0.05, 0.1) is 12.6 Å². The molecule has 0 spiro atoms. The fourth-order valence-electron chi connectivity index (χ4n) is 0.687. The lowest BCUT2D eigenvalue weighted by molar-refractivity contribution is -0.124. The molecule has 0 aromatic carbocycles. The average Bonchev–Trinajstić information content (AvgIpc) is 1.97. The lowest BCUT2D eigenvalue weighted by atomic mass is 9.88. The van der Waals surface area contributed by atoms with Crippen molar-refractivity contribution < 1.29 is 9.59 Å². The second-order valence-corrected chi connectivity index (χ2v) is 3.75. The Morgan fingerprint density at radius 2 is 2.08 bits per heavy atom. The minimum Gasteiger partial charge on any atom is -0.345 e. The highest BCUT2D eigenvalue weighted by atomic mass is 16.2. The Labute approximate surface area is 72.5 Å². The van der Waals surface area contributed by atoms with Crippen LogP contribution in [-0.2, 0) is 9.59 Å². The highest BCUT2D eigenvalue weighted by molar-refractivity contribution is 5.81. The monoisotopic (exact) mass is 172 g/mol. The first-order valence-corrected chi connectivity index (χ1v) is 3.86. The number of amides is 1. The molecule has 0 aliphatic rings. The maximum absolute atomic E-state index is 10.8. The number of rotatable bonds is 3. The highest BCUT2D eigenvalue weighted by Crippen LogP contribution is 2.17. The van der Waals surface area contributed by atoms with Gasteiger partial charge in [-0.15, -0.1) is 0 Å². The molecule has 0 bridgehead atoms. The Bertz CT molecular complexity index is 172. The SMILES string of the molecule is CC(C)(C)C(C=O)NC(=O)CN. The molecule has 0 heterocycles. The van der Waals surface area contributed by atoms with E-state index < -0.39 is 6.04 Å². The molecule has 4 nitrogen and oxygen atoms in total. The van der Waals surface area contributed by atoms with E-state index in [-0.39, 0.29) is 17.9 Å². The number of nitrogens with two attached hydrogens (primary N) is 1. The molecule has 0 saturated heterocycles. The molecular formula is C8H16N2O2. The van der Waals surface area contributed by atoms with Crippen LogP contribution in [0.15, 0.2) is 0 Å². The van der Waals surface area contributed by atoms with Crippen LogP contribution in [0.4, 0.5) is 0 Å². The number of hydrogen-bond donors (Lipinski definition) is 2. The van der Waals surface area contributed by atoms with Gasteiger partial charge >= 0.3 is 0 Å². The molecule has 3 N–H and O–H groups in total. The maximum Gasteiger partial charge on any atom is 0.234 e. The number of nitrogens with one attached hydrogen (secondary N) is 1. The van der Waals surface area contributed by atoms with Crippen LogP contribution in [0.3, 0.4) is 0 Å². The van der Waals surface area contributed by atoms with E-state index in [4.69, 9.17) is 5.73 Å². The van der Waals surface area contributed by atoms with E-state index in [1.807, 2.05) is 20.8 Å². The number of carbonyl (C=O) groups excluding carboxylic acids is 2. The number of aldehydes is 1. The van der Waals surface area contributed by atoms with Crippen LogP contribution in [0.25, 0.3) is 0 Å². The van der Waals surface area contributed by atoms with Crippen molar-refractivity contribution in [3.63, 3.8) is 0 Å². The standard InChI is InChI=1S/C8H16N2O2/c1-8(2,3)6(5-11)10-7(12)4-9/h5-6H,4,9H2,1-3H3,(H,10,12). The predicted molar refractivity (Wildman–Crippen MR) is 46.5 cm³/mol. The summed E-state index contributed by atoms with van der Waals surface area (Å²) < 4.78 is 0. The van der Waals surface area contributed by atoms with E-state index in [2.05, 4.69) is 5.32 Å². The van der Waals surface area contributed by atoms with Crippen LogP contribution in [0.2, 0.25) is 0 Å². The lowest BCUT2D eigenvalue weighted by Crippen LogP contribution is -2.46. The van der Waals surface area contributed by atoms with E-state index in [0.29, 0.717) is 0 Å². The third-order valence-electron chi connectivity index (χ3n) is 1.57. The summed E-state index contributed by atoms with van der Waals surface area (Å²) in [6, 6.07) is -0.464. The van der Waals surface area contributed by atoms with Gasteiger partial charge in [0.1, 0.15) is 6.29 Å². The molecule has 0 aliphatic carbocycles. The first-order chi connectivity index (χ1) is 5.41. The predicted octanol–water partition coefficient (Wildman–Crippen LogP) is -0.325. The molecule has 0 aromatic rings. The minimum absolute atomic E-state index is 0.0829. The van der Waals surface area contributed by atoms with Gasteiger partial charge in [-0.05, 0) is 5.41 Å². The van der Waals surface area contributed by atoms with Crippen LogP contribution in [-0.4, -0.2) is 24.8 Å². The second kappa shape index (κ2) is 4.21. The van der Waals surface area contributed by atoms with Gasteiger partial charge < -0.3 is 15.8 Å². The van der Waals surface area contributed by atoms with Crippen LogP contribution in [0.5, 0.6) is 0 Å². The third-order valence-corrected chi connectivity index (χ3v) is 1.57. The first kappa shape index (κ1) is 11.1. The van der Waals surface area contributed by atoms with Crippen molar-refractivity contribution >= 4 is 12.2 Å². The van der Waals surface area contributed by atoms with Crippen molar-refractivity contribution in [3.05, 3.63) is 0 Å². The van der Waals surface area contributed by atoms with Crippen molar-refractivity contribution in [1.29, 1.82) is 0 Å². The molecule has 0 saturated carbocycles. The quantitative estimate of drug-likeness (QED) is 0.573. The van der Waals surface area contributed by atoms with Gasteiger partial charge in [-0.2, -0.15) is 0 Å². The van der Waals surface area contributed by atoms with Crippen LogP contribution < -0.4 is 11.1 Å². The van der Waals surface area contributed by atoms with Crippen molar-refractivity contribution in [3.8, 4) is 0 Å². The Morgan fingerprint density at radius 3 is 2.33 bits per heavy atom. The van der Waals surface area contributed by atoms with Gasteiger partial charge in [-0.1, -0.05) is 20.8 Å². The van der Waals surface area contributed by atoms with E-state index in [1.165, 1.54) is 0 Å². The topological polar surface area (TPSA) is 72.2 Å². The van der Waals surface area contributed by atoms with Crippen LogP contribution in [0, 0.1) is 5.41 Å². The molecule has 0 aromatic heterocycles. The fraction of sp³-hybridized carbons (Fsp3) is 0.750. The van der Waals surface area contributed by atoms with Gasteiger partial charge in [0.15, 0.2) is 0 Å². The minimum atomic E-state index is -0.464. The molecule has 1 unspecified atom stereocenters. The Morgan fingerprint density at radius 1 is 1.58 bits per heavy atom. The van der Waals surface area contributed by atoms with Crippen molar-refractivity contribution in [2.75, 3.05) is 6.54 Å². The fourth-order valence-corrected chi connectivity index (χ4v) is 0.687. The van der Waals surface area contributed by atoms with E-state index in [0.717, 1.165) is 6.29 Å². The zero-order valence-corrected chi connectivity index (χ0v) is 7.76. The molecule has 4 heteroatoms. The Hall–Kier alpha value is -0.900. The van der Waals surface area contributed by atoms with Crippen LogP contribution in [0.1, 0.15) is 20.8 Å². The van der Waals surface area contributed by atoms with Gasteiger partial charge in [-0.25, -0.2) is 0 Å². The molecule has 0 rings (SSSR count). The van der Waals surface area contributed by atoms with Crippen molar-refractivity contribution in [2.24, 2.45) is 11.1 Å². The molecule has 1 amide bonds. The molecule has 0 aliphatic heterocycles. The molecular weight excluding hydrogens is 156 g/mol. The summed E-state index contributed by atoms with van der Waals surface area (Å²) >= 11 is 0. The normalized spacial score (nSPS) is 13.7. The van der Waals surface area contributed by atoms with Gasteiger partial charge in [0.2, 0.25) is 5.91 Å². The second-order valence-electron chi connectivity index (χ2n) is 3.75. The molecule has 0 fully saturated rings. The van der Waals surface area contributed by atoms with Gasteiger partial charge in [0, 0.05) is 0 Å². The smallest absolute Gasteiger partial charge is 0.234 e. The van der Waals surface area contributed by atoms with Crippen LogP contribution >= 0.6 is 0 Å². The molecule has 70 valence electrons. The van der Waals surface area contributed by atoms with Gasteiger partial charge in [-0.3, -0.25) is 4.79 Å².